The van der Waals surface area contributed by atoms with Gasteiger partial charge in [0, 0.05) is 12.4 Å². The number of methoxy groups -OCH3 is 1. The molecule has 2 heterocycles. The number of hydrogen-bond acceptors (Lipinski definition) is 4. The van der Waals surface area contributed by atoms with Crippen LogP contribution in [0.25, 0.3) is 17.0 Å². The Morgan fingerprint density at radius 3 is 2.88 bits per heavy atom. The van der Waals surface area contributed by atoms with Crippen molar-refractivity contribution in [3.05, 3.63) is 59.7 Å². The SMILES string of the molecule is CNc1ccc(C#C/C=C/c2cc3cc(OC)ccc3o2)c(F)n1. The summed E-state index contributed by atoms with van der Waals surface area (Å²) in [5.41, 5.74) is 1.01. The number of fused-ring (bicyclic) bond motifs is 1. The summed E-state index contributed by atoms with van der Waals surface area (Å²) in [4.78, 5) is 3.74. The van der Waals surface area contributed by atoms with Gasteiger partial charge in [0.2, 0.25) is 5.95 Å². The van der Waals surface area contributed by atoms with E-state index in [1.54, 1.807) is 38.4 Å². The van der Waals surface area contributed by atoms with Gasteiger partial charge < -0.3 is 14.5 Å². The van der Waals surface area contributed by atoms with Gasteiger partial charge >= 0.3 is 0 Å². The molecule has 3 rings (SSSR count). The standard InChI is InChI=1S/C19H15FN2O2/c1-21-18-10-7-13(19(20)22-18)5-3-4-6-16-12-14-11-15(23-2)8-9-17(14)24-16/h4,6-12H,1-2H3,(H,21,22)/b6-4+. The minimum absolute atomic E-state index is 0.244. The van der Waals surface area contributed by atoms with E-state index in [0.717, 1.165) is 16.7 Å². The van der Waals surface area contributed by atoms with Crippen LogP contribution in [-0.2, 0) is 0 Å². The van der Waals surface area contributed by atoms with Crippen molar-refractivity contribution in [1.82, 2.24) is 4.98 Å². The molecular weight excluding hydrogens is 307 g/mol. The number of benzene rings is 1. The maximum atomic E-state index is 13.7. The maximum absolute atomic E-state index is 13.7. The highest BCUT2D eigenvalue weighted by atomic mass is 19.1. The van der Waals surface area contributed by atoms with Crippen molar-refractivity contribution in [2.24, 2.45) is 0 Å². The molecule has 0 radical (unpaired) electrons. The van der Waals surface area contributed by atoms with Gasteiger partial charge in [0.25, 0.3) is 0 Å². The predicted octanol–water partition coefficient (Wildman–Crippen LogP) is 4.08. The number of hydrogen-bond donors (Lipinski definition) is 1. The number of pyridine rings is 1. The van der Waals surface area contributed by atoms with Crippen LogP contribution in [0.5, 0.6) is 5.75 Å². The number of ether oxygens (including phenoxy) is 1. The zero-order chi connectivity index (χ0) is 16.9. The van der Waals surface area contributed by atoms with E-state index in [4.69, 9.17) is 9.15 Å². The average Bonchev–Trinajstić information content (AvgIpc) is 3.01. The van der Waals surface area contributed by atoms with Crippen LogP contribution in [0.3, 0.4) is 0 Å². The van der Waals surface area contributed by atoms with Crippen LogP contribution in [0.1, 0.15) is 11.3 Å². The van der Waals surface area contributed by atoms with Gasteiger partial charge in [0.1, 0.15) is 22.9 Å². The number of allylic oxidation sites excluding steroid dienone is 1. The monoisotopic (exact) mass is 322 g/mol. The molecule has 120 valence electrons. The largest absolute Gasteiger partial charge is 0.497 e. The second-order valence-corrected chi connectivity index (χ2v) is 4.94. The lowest BCUT2D eigenvalue weighted by Crippen LogP contribution is -1.96. The molecule has 3 aromatic rings. The fourth-order valence-corrected chi connectivity index (χ4v) is 2.16. The number of aromatic nitrogens is 1. The molecule has 2 aromatic heterocycles. The van der Waals surface area contributed by atoms with Crippen LogP contribution in [-0.4, -0.2) is 19.1 Å². The second-order valence-electron chi connectivity index (χ2n) is 4.94. The fourth-order valence-electron chi connectivity index (χ4n) is 2.16. The Morgan fingerprint density at radius 2 is 2.12 bits per heavy atom. The normalized spacial score (nSPS) is 10.6. The third-order valence-corrected chi connectivity index (χ3v) is 3.39. The van der Waals surface area contributed by atoms with Crippen LogP contribution in [0.2, 0.25) is 0 Å². The van der Waals surface area contributed by atoms with Crippen molar-refractivity contribution < 1.29 is 13.5 Å². The summed E-state index contributed by atoms with van der Waals surface area (Å²) < 4.78 is 24.5. The number of nitrogens with zero attached hydrogens (tertiary/aromatic N) is 1. The van der Waals surface area contributed by atoms with Gasteiger partial charge in [-0.25, -0.2) is 4.98 Å². The average molecular weight is 322 g/mol. The van der Waals surface area contributed by atoms with Crippen molar-refractivity contribution in [2.45, 2.75) is 0 Å². The molecule has 0 unspecified atom stereocenters. The Morgan fingerprint density at radius 1 is 1.25 bits per heavy atom. The lowest BCUT2D eigenvalue weighted by atomic mass is 10.2. The van der Waals surface area contributed by atoms with Crippen LogP contribution < -0.4 is 10.1 Å². The minimum atomic E-state index is -0.599. The molecule has 0 fully saturated rings. The van der Waals surface area contributed by atoms with E-state index in [9.17, 15) is 4.39 Å². The third-order valence-electron chi connectivity index (χ3n) is 3.39. The van der Waals surface area contributed by atoms with Crippen molar-refractivity contribution in [2.75, 3.05) is 19.5 Å². The van der Waals surface area contributed by atoms with Crippen molar-refractivity contribution in [3.8, 4) is 17.6 Å². The Kier molecular flexibility index (Phi) is 4.48. The Labute approximate surface area is 139 Å². The zero-order valence-electron chi connectivity index (χ0n) is 13.3. The second kappa shape index (κ2) is 6.88. The molecule has 0 saturated heterocycles. The summed E-state index contributed by atoms with van der Waals surface area (Å²) >= 11 is 0. The van der Waals surface area contributed by atoms with Crippen LogP contribution in [0.15, 0.2) is 46.9 Å². The number of halogens is 1. The van der Waals surface area contributed by atoms with Crippen LogP contribution in [0.4, 0.5) is 10.2 Å². The van der Waals surface area contributed by atoms with Gasteiger partial charge in [-0.1, -0.05) is 11.8 Å². The van der Waals surface area contributed by atoms with E-state index in [-0.39, 0.29) is 5.56 Å². The van der Waals surface area contributed by atoms with Gasteiger partial charge in [0.05, 0.1) is 12.7 Å². The molecule has 1 N–H and O–H groups in total. The molecule has 0 aliphatic carbocycles. The number of nitrogens with one attached hydrogen (secondary N) is 1. The van der Waals surface area contributed by atoms with Gasteiger partial charge in [-0.05, 0) is 48.6 Å². The van der Waals surface area contributed by atoms with Gasteiger partial charge in [0.15, 0.2) is 0 Å². The summed E-state index contributed by atoms with van der Waals surface area (Å²) in [6.07, 6.45) is 3.34. The number of anilines is 1. The van der Waals surface area contributed by atoms with Gasteiger partial charge in [-0.2, -0.15) is 4.39 Å². The number of rotatable bonds is 3. The van der Waals surface area contributed by atoms with E-state index in [1.807, 2.05) is 24.3 Å². The molecular formula is C19H15FN2O2. The van der Waals surface area contributed by atoms with Gasteiger partial charge in [-0.3, -0.25) is 0 Å². The van der Waals surface area contributed by atoms with E-state index < -0.39 is 5.95 Å². The van der Waals surface area contributed by atoms with E-state index in [2.05, 4.69) is 22.1 Å². The molecule has 0 aliphatic heterocycles. The Hall–Kier alpha value is -3.26. The molecule has 0 amide bonds. The molecule has 5 heteroatoms. The first kappa shape index (κ1) is 15.6. The van der Waals surface area contributed by atoms with Crippen LogP contribution >= 0.6 is 0 Å². The van der Waals surface area contributed by atoms with Crippen molar-refractivity contribution >= 4 is 22.9 Å². The minimum Gasteiger partial charge on any atom is -0.497 e. The first-order chi connectivity index (χ1) is 11.7. The highest BCUT2D eigenvalue weighted by Crippen LogP contribution is 2.24. The highest BCUT2D eigenvalue weighted by Gasteiger charge is 2.03. The van der Waals surface area contributed by atoms with E-state index >= 15 is 0 Å². The first-order valence-electron chi connectivity index (χ1n) is 7.29. The number of furan rings is 1. The molecule has 0 atom stereocenters. The van der Waals surface area contributed by atoms with E-state index in [0.29, 0.717) is 11.6 Å². The molecule has 0 bridgehead atoms. The lowest BCUT2D eigenvalue weighted by Gasteiger charge is -1.98. The highest BCUT2D eigenvalue weighted by molar-refractivity contribution is 5.81. The molecule has 4 nitrogen and oxygen atoms in total. The van der Waals surface area contributed by atoms with Crippen molar-refractivity contribution in [3.63, 3.8) is 0 Å². The molecule has 1 aromatic carbocycles. The van der Waals surface area contributed by atoms with E-state index in [1.165, 1.54) is 0 Å². The molecule has 0 saturated carbocycles. The van der Waals surface area contributed by atoms with Crippen molar-refractivity contribution in [1.29, 1.82) is 0 Å². The smallest absolute Gasteiger partial charge is 0.230 e. The maximum Gasteiger partial charge on any atom is 0.230 e. The summed E-state index contributed by atoms with van der Waals surface area (Å²) in [7, 11) is 3.30. The Balaban J connectivity index is 1.77. The van der Waals surface area contributed by atoms with Crippen LogP contribution in [0, 0.1) is 17.8 Å². The Bertz CT molecular complexity index is 964. The third kappa shape index (κ3) is 3.39. The summed E-state index contributed by atoms with van der Waals surface area (Å²) in [6, 6.07) is 10.7. The van der Waals surface area contributed by atoms with Gasteiger partial charge in [-0.15, -0.1) is 0 Å². The zero-order valence-corrected chi connectivity index (χ0v) is 13.3. The molecule has 24 heavy (non-hydrogen) atoms. The molecule has 0 spiro atoms. The predicted molar refractivity (Wildman–Crippen MR) is 92.4 cm³/mol. The molecule has 0 aliphatic rings. The summed E-state index contributed by atoms with van der Waals surface area (Å²) in [5, 5.41) is 3.71. The lowest BCUT2D eigenvalue weighted by molar-refractivity contribution is 0.415. The topological polar surface area (TPSA) is 47.3 Å². The summed E-state index contributed by atoms with van der Waals surface area (Å²) in [6.45, 7) is 0. The first-order valence-corrected chi connectivity index (χ1v) is 7.29. The summed E-state index contributed by atoms with van der Waals surface area (Å²) in [5.74, 6) is 6.80. The quantitative estimate of drug-likeness (QED) is 0.583. The fraction of sp³-hybridized carbons (Fsp3) is 0.105.